The highest BCUT2D eigenvalue weighted by Gasteiger charge is 2.37. The molecule has 2 aliphatic heterocycles. The van der Waals surface area contributed by atoms with Crippen LogP contribution in [-0.2, 0) is 0 Å². The molecule has 5 nitrogen and oxygen atoms in total. The second kappa shape index (κ2) is 8.29. The minimum absolute atomic E-state index is 0.427. The van der Waals surface area contributed by atoms with Crippen molar-refractivity contribution in [2.75, 3.05) is 38.1 Å². The van der Waals surface area contributed by atoms with Gasteiger partial charge in [0.05, 0.1) is 23.0 Å². The molecule has 4 heterocycles. The number of aromatic nitrogens is 3. The second-order valence-electron chi connectivity index (χ2n) is 8.05. The van der Waals surface area contributed by atoms with Crippen LogP contribution in [0.3, 0.4) is 0 Å². The number of nitrogens with zero attached hydrogens (tertiary/aromatic N) is 5. The second-order valence-corrected chi connectivity index (χ2v) is 8.44. The molecule has 2 aromatic rings. The SMILES string of the molecule is CN1CCC2(CC1)CCN(c1cc(Cl)ncc1C#Cc1cnn(C(F)F)c1)CC2. The number of alkyl halides is 2. The largest absolute Gasteiger partial charge is 0.370 e. The molecule has 2 aliphatic rings. The van der Waals surface area contributed by atoms with E-state index in [1.54, 1.807) is 6.20 Å². The molecule has 0 unspecified atom stereocenters. The zero-order valence-electron chi connectivity index (χ0n) is 16.4. The van der Waals surface area contributed by atoms with Gasteiger partial charge in [-0.05, 0) is 51.2 Å². The number of piperidine rings is 2. The zero-order chi connectivity index (χ0) is 20.4. The maximum Gasteiger partial charge on any atom is 0.333 e. The van der Waals surface area contributed by atoms with E-state index in [0.717, 1.165) is 37.2 Å². The zero-order valence-corrected chi connectivity index (χ0v) is 17.2. The molecule has 8 heteroatoms. The summed E-state index contributed by atoms with van der Waals surface area (Å²) in [5, 5.41) is 4.05. The van der Waals surface area contributed by atoms with Gasteiger partial charge in [0.1, 0.15) is 5.15 Å². The first-order valence-corrected chi connectivity index (χ1v) is 10.3. The van der Waals surface area contributed by atoms with E-state index >= 15 is 0 Å². The summed E-state index contributed by atoms with van der Waals surface area (Å²) in [5.41, 5.74) is 2.60. The van der Waals surface area contributed by atoms with Gasteiger partial charge in [0.15, 0.2) is 0 Å². The Morgan fingerprint density at radius 2 is 1.76 bits per heavy atom. The normalized spacial score (nSPS) is 19.4. The van der Waals surface area contributed by atoms with Crippen molar-refractivity contribution in [2.45, 2.75) is 32.2 Å². The molecule has 0 aromatic carbocycles. The van der Waals surface area contributed by atoms with Crippen LogP contribution in [0.5, 0.6) is 0 Å². The number of rotatable bonds is 2. The quantitative estimate of drug-likeness (QED) is 0.544. The molecule has 29 heavy (non-hydrogen) atoms. The fourth-order valence-electron chi connectivity index (χ4n) is 4.24. The maximum atomic E-state index is 12.7. The number of likely N-dealkylation sites (tertiary alicyclic amines) is 1. The fraction of sp³-hybridized carbons (Fsp3) is 0.524. The maximum absolute atomic E-state index is 12.7. The first-order chi connectivity index (χ1) is 13.9. The average molecular weight is 420 g/mol. The minimum atomic E-state index is -2.67. The van der Waals surface area contributed by atoms with E-state index in [2.05, 4.69) is 38.8 Å². The van der Waals surface area contributed by atoms with Crippen molar-refractivity contribution in [1.29, 1.82) is 0 Å². The Balaban J connectivity index is 1.51. The summed E-state index contributed by atoms with van der Waals surface area (Å²) < 4.78 is 26.0. The van der Waals surface area contributed by atoms with E-state index in [0.29, 0.717) is 20.8 Å². The van der Waals surface area contributed by atoms with Gasteiger partial charge in [0.25, 0.3) is 0 Å². The van der Waals surface area contributed by atoms with Crippen molar-refractivity contribution in [2.24, 2.45) is 5.41 Å². The van der Waals surface area contributed by atoms with Crippen LogP contribution in [0.25, 0.3) is 0 Å². The van der Waals surface area contributed by atoms with Gasteiger partial charge in [0, 0.05) is 31.5 Å². The van der Waals surface area contributed by atoms with E-state index in [1.807, 2.05) is 6.07 Å². The van der Waals surface area contributed by atoms with Crippen molar-refractivity contribution in [3.05, 3.63) is 40.9 Å². The van der Waals surface area contributed by atoms with Gasteiger partial charge in [-0.3, -0.25) is 0 Å². The van der Waals surface area contributed by atoms with E-state index in [-0.39, 0.29) is 0 Å². The van der Waals surface area contributed by atoms with Crippen molar-refractivity contribution in [1.82, 2.24) is 19.7 Å². The lowest BCUT2D eigenvalue weighted by Gasteiger charge is -2.47. The van der Waals surface area contributed by atoms with Gasteiger partial charge in [-0.25, -0.2) is 9.67 Å². The minimum Gasteiger partial charge on any atom is -0.370 e. The van der Waals surface area contributed by atoms with E-state index in [9.17, 15) is 8.78 Å². The van der Waals surface area contributed by atoms with Gasteiger partial charge in [-0.15, -0.1) is 0 Å². The van der Waals surface area contributed by atoms with Crippen molar-refractivity contribution in [3.63, 3.8) is 0 Å². The van der Waals surface area contributed by atoms with Crippen LogP contribution < -0.4 is 4.90 Å². The van der Waals surface area contributed by atoms with Crippen LogP contribution in [0.1, 0.15) is 43.4 Å². The van der Waals surface area contributed by atoms with E-state index in [1.165, 1.54) is 38.3 Å². The lowest BCUT2D eigenvalue weighted by molar-refractivity contribution is 0.0566. The molecular weight excluding hydrogens is 396 g/mol. The first-order valence-electron chi connectivity index (χ1n) is 9.88. The van der Waals surface area contributed by atoms with E-state index in [4.69, 9.17) is 11.6 Å². The fourth-order valence-corrected chi connectivity index (χ4v) is 4.39. The van der Waals surface area contributed by atoms with Crippen molar-refractivity contribution < 1.29 is 8.78 Å². The number of anilines is 1. The van der Waals surface area contributed by atoms with Crippen LogP contribution in [0, 0.1) is 17.3 Å². The van der Waals surface area contributed by atoms with Gasteiger partial charge >= 0.3 is 6.55 Å². The molecule has 0 atom stereocenters. The molecule has 0 saturated carbocycles. The third-order valence-electron chi connectivity index (χ3n) is 6.20. The Hall–Kier alpha value is -2.17. The summed E-state index contributed by atoms with van der Waals surface area (Å²) in [6.45, 7) is 1.59. The topological polar surface area (TPSA) is 37.2 Å². The summed E-state index contributed by atoms with van der Waals surface area (Å²) >= 11 is 6.16. The molecule has 1 spiro atoms. The predicted molar refractivity (Wildman–Crippen MR) is 109 cm³/mol. The summed E-state index contributed by atoms with van der Waals surface area (Å²) in [6, 6.07) is 1.85. The van der Waals surface area contributed by atoms with Crippen molar-refractivity contribution in [3.8, 4) is 11.8 Å². The Morgan fingerprint density at radius 1 is 1.07 bits per heavy atom. The Labute approximate surface area is 174 Å². The van der Waals surface area contributed by atoms with Gasteiger partial charge in [-0.1, -0.05) is 23.4 Å². The van der Waals surface area contributed by atoms with E-state index < -0.39 is 6.55 Å². The molecule has 2 aromatic heterocycles. The van der Waals surface area contributed by atoms with Crippen LogP contribution in [0.15, 0.2) is 24.7 Å². The molecule has 0 amide bonds. The highest BCUT2D eigenvalue weighted by Crippen LogP contribution is 2.42. The van der Waals surface area contributed by atoms with Gasteiger partial charge in [-0.2, -0.15) is 13.9 Å². The lowest BCUT2D eigenvalue weighted by atomic mass is 9.71. The molecule has 0 bridgehead atoms. The standard InChI is InChI=1S/C21H24ClF2N5/c1-27-8-4-21(5-9-27)6-10-28(11-7-21)18-12-19(22)25-14-17(18)3-2-16-13-26-29(15-16)20(23)24/h12-15,20H,4-11H2,1H3. The highest BCUT2D eigenvalue weighted by molar-refractivity contribution is 6.29. The highest BCUT2D eigenvalue weighted by atomic mass is 35.5. The average Bonchev–Trinajstić information content (AvgIpc) is 3.20. The van der Waals surface area contributed by atoms with Crippen LogP contribution in [0.4, 0.5) is 14.5 Å². The van der Waals surface area contributed by atoms with Gasteiger partial charge in [0.2, 0.25) is 0 Å². The summed E-state index contributed by atoms with van der Waals surface area (Å²) in [6.07, 6.45) is 9.08. The van der Waals surface area contributed by atoms with Crippen molar-refractivity contribution >= 4 is 17.3 Å². The molecule has 154 valence electrons. The smallest absolute Gasteiger partial charge is 0.333 e. The molecule has 0 aliphatic carbocycles. The monoisotopic (exact) mass is 419 g/mol. The third kappa shape index (κ3) is 4.54. The van der Waals surface area contributed by atoms with Crippen LogP contribution in [-0.4, -0.2) is 52.9 Å². The molecule has 4 rings (SSSR count). The summed E-state index contributed by atoms with van der Waals surface area (Å²) in [4.78, 5) is 8.89. The molecular formula is C21H24ClF2N5. The lowest BCUT2D eigenvalue weighted by Crippen LogP contribution is -2.46. The Kier molecular flexibility index (Phi) is 5.75. The van der Waals surface area contributed by atoms with Crippen LogP contribution in [0.2, 0.25) is 5.15 Å². The molecule has 0 radical (unpaired) electrons. The number of halogens is 3. The van der Waals surface area contributed by atoms with Crippen LogP contribution >= 0.6 is 11.6 Å². The number of pyridine rings is 1. The summed E-state index contributed by atoms with van der Waals surface area (Å²) in [7, 11) is 2.19. The Bertz CT molecular complexity index is 915. The summed E-state index contributed by atoms with van der Waals surface area (Å²) in [5.74, 6) is 5.98. The number of hydrogen-bond donors (Lipinski definition) is 0. The third-order valence-corrected chi connectivity index (χ3v) is 6.41. The molecule has 0 N–H and O–H groups in total. The Morgan fingerprint density at radius 3 is 2.41 bits per heavy atom. The first kappa shape index (κ1) is 20.1. The van der Waals surface area contributed by atoms with Gasteiger partial charge < -0.3 is 9.80 Å². The number of hydrogen-bond acceptors (Lipinski definition) is 4. The molecule has 2 saturated heterocycles. The molecule has 2 fully saturated rings. The predicted octanol–water partition coefficient (Wildman–Crippen LogP) is 4.04.